The monoisotopic (exact) mass is 249 g/mol. The molecule has 1 N–H and O–H groups in total. The van der Waals surface area contributed by atoms with Crippen LogP contribution in [0.25, 0.3) is 0 Å². The van der Waals surface area contributed by atoms with Gasteiger partial charge in [0.2, 0.25) is 0 Å². The third-order valence-corrected chi connectivity index (χ3v) is 3.80. The van der Waals surface area contributed by atoms with Crippen molar-refractivity contribution in [2.24, 2.45) is 0 Å². The van der Waals surface area contributed by atoms with Gasteiger partial charge >= 0.3 is 0 Å². The molecule has 2 nitrogen and oxygen atoms in total. The van der Waals surface area contributed by atoms with E-state index in [9.17, 15) is 9.18 Å². The highest BCUT2D eigenvalue weighted by Crippen LogP contribution is 2.30. The second-order valence-electron chi connectivity index (χ2n) is 5.15. The molecule has 1 aromatic rings. The maximum Gasteiger partial charge on any atom is 0.183 e. The van der Waals surface area contributed by atoms with Crippen LogP contribution in [-0.2, 0) is 0 Å². The van der Waals surface area contributed by atoms with Crippen LogP contribution in [0.1, 0.15) is 48.5 Å². The van der Waals surface area contributed by atoms with Gasteiger partial charge in [-0.25, -0.2) is 4.39 Å². The van der Waals surface area contributed by atoms with Gasteiger partial charge in [0.1, 0.15) is 5.82 Å². The van der Waals surface area contributed by atoms with Crippen molar-refractivity contribution in [2.45, 2.75) is 45.1 Å². The molecule has 1 aliphatic rings. The zero-order valence-electron chi connectivity index (χ0n) is 11.1. The van der Waals surface area contributed by atoms with E-state index in [0.29, 0.717) is 5.56 Å². The maximum atomic E-state index is 13.3. The molecule has 98 valence electrons. The molecule has 3 heteroatoms. The van der Waals surface area contributed by atoms with Gasteiger partial charge in [0.05, 0.1) is 5.54 Å². The van der Waals surface area contributed by atoms with E-state index in [1.165, 1.54) is 12.1 Å². The van der Waals surface area contributed by atoms with E-state index in [0.717, 1.165) is 37.8 Å². The summed E-state index contributed by atoms with van der Waals surface area (Å²) in [6.45, 7) is 4.81. The third kappa shape index (κ3) is 2.32. The van der Waals surface area contributed by atoms with Gasteiger partial charge in [0.15, 0.2) is 5.78 Å². The summed E-state index contributed by atoms with van der Waals surface area (Å²) in [5, 5.41) is 3.34. The zero-order chi connectivity index (χ0) is 13.2. The summed E-state index contributed by atoms with van der Waals surface area (Å²) >= 11 is 0. The third-order valence-electron chi connectivity index (χ3n) is 3.80. The summed E-state index contributed by atoms with van der Waals surface area (Å²) in [6, 6.07) is 4.45. The predicted molar refractivity (Wildman–Crippen MR) is 70.3 cm³/mol. The van der Waals surface area contributed by atoms with Crippen molar-refractivity contribution in [3.8, 4) is 0 Å². The molecule has 1 saturated heterocycles. The fourth-order valence-electron chi connectivity index (χ4n) is 2.85. The lowest BCUT2D eigenvalue weighted by atomic mass is 9.82. The molecule has 1 atom stereocenters. The largest absolute Gasteiger partial charge is 0.305 e. The number of halogens is 1. The van der Waals surface area contributed by atoms with E-state index in [1.54, 1.807) is 6.07 Å². The highest BCUT2D eigenvalue weighted by Gasteiger charge is 2.40. The molecule has 0 spiro atoms. The Balaban J connectivity index is 2.36. The van der Waals surface area contributed by atoms with Crippen LogP contribution >= 0.6 is 0 Å². The Bertz CT molecular complexity index is 450. The zero-order valence-corrected chi connectivity index (χ0v) is 11.1. The van der Waals surface area contributed by atoms with Crippen LogP contribution in [0.4, 0.5) is 4.39 Å². The Morgan fingerprint density at radius 3 is 2.89 bits per heavy atom. The van der Waals surface area contributed by atoms with Crippen LogP contribution in [0.2, 0.25) is 0 Å². The molecule has 1 aliphatic heterocycles. The number of nitrogens with one attached hydrogen (secondary N) is 1. The molecule has 0 aliphatic carbocycles. The minimum absolute atomic E-state index is 0.0545. The Hall–Kier alpha value is -1.22. The average molecular weight is 249 g/mol. The average Bonchev–Trinajstić information content (AvgIpc) is 2.82. The fraction of sp³-hybridized carbons (Fsp3) is 0.533. The van der Waals surface area contributed by atoms with Crippen molar-refractivity contribution in [3.63, 3.8) is 0 Å². The molecule has 1 unspecified atom stereocenters. The van der Waals surface area contributed by atoms with Crippen LogP contribution in [0.15, 0.2) is 18.2 Å². The SMILES string of the molecule is CCCC1(C(=O)c2cc(F)ccc2C)CCCN1. The molecule has 0 saturated carbocycles. The number of aryl methyl sites for hydroxylation is 1. The lowest BCUT2D eigenvalue weighted by Gasteiger charge is -2.28. The highest BCUT2D eigenvalue weighted by atomic mass is 19.1. The number of hydrogen-bond acceptors (Lipinski definition) is 2. The van der Waals surface area contributed by atoms with Crippen LogP contribution in [0.5, 0.6) is 0 Å². The van der Waals surface area contributed by atoms with Gasteiger partial charge in [-0.15, -0.1) is 0 Å². The first kappa shape index (κ1) is 13.2. The van der Waals surface area contributed by atoms with Gasteiger partial charge in [-0.1, -0.05) is 19.4 Å². The van der Waals surface area contributed by atoms with Crippen molar-refractivity contribution in [1.29, 1.82) is 0 Å². The number of ketones is 1. The maximum absolute atomic E-state index is 13.3. The van der Waals surface area contributed by atoms with E-state index < -0.39 is 5.54 Å². The van der Waals surface area contributed by atoms with Gasteiger partial charge < -0.3 is 5.32 Å². The summed E-state index contributed by atoms with van der Waals surface area (Å²) in [5.41, 5.74) is 0.913. The van der Waals surface area contributed by atoms with E-state index in [-0.39, 0.29) is 11.6 Å². The van der Waals surface area contributed by atoms with Crippen LogP contribution in [0, 0.1) is 12.7 Å². The van der Waals surface area contributed by atoms with Crippen LogP contribution < -0.4 is 5.32 Å². The first-order chi connectivity index (χ1) is 8.59. The highest BCUT2D eigenvalue weighted by molar-refractivity contribution is 6.04. The van der Waals surface area contributed by atoms with Gasteiger partial charge in [-0.2, -0.15) is 0 Å². The fourth-order valence-corrected chi connectivity index (χ4v) is 2.85. The van der Waals surface area contributed by atoms with Crippen molar-refractivity contribution < 1.29 is 9.18 Å². The molecular formula is C15H20FNO. The van der Waals surface area contributed by atoms with Gasteiger partial charge in [0.25, 0.3) is 0 Å². The second-order valence-corrected chi connectivity index (χ2v) is 5.15. The van der Waals surface area contributed by atoms with Crippen molar-refractivity contribution in [2.75, 3.05) is 6.54 Å². The lowest BCUT2D eigenvalue weighted by Crippen LogP contribution is -2.47. The molecule has 1 aromatic carbocycles. The molecule has 2 rings (SSSR count). The molecule has 0 aromatic heterocycles. The number of carbonyl (C=O) groups is 1. The Morgan fingerprint density at radius 2 is 2.28 bits per heavy atom. The summed E-state index contributed by atoms with van der Waals surface area (Å²) in [5.74, 6) is -0.285. The first-order valence-corrected chi connectivity index (χ1v) is 6.65. The normalized spacial score (nSPS) is 23.3. The Kier molecular flexibility index (Phi) is 3.81. The topological polar surface area (TPSA) is 29.1 Å². The van der Waals surface area contributed by atoms with Crippen LogP contribution in [0.3, 0.4) is 0 Å². The number of Topliss-reactive ketones (excluding diaryl/α,β-unsaturated/α-hetero) is 1. The number of hydrogen-bond donors (Lipinski definition) is 1. The summed E-state index contributed by atoms with van der Waals surface area (Å²) < 4.78 is 13.3. The first-order valence-electron chi connectivity index (χ1n) is 6.65. The second kappa shape index (κ2) is 5.19. The summed E-state index contributed by atoms with van der Waals surface area (Å²) in [7, 11) is 0. The molecule has 0 amide bonds. The smallest absolute Gasteiger partial charge is 0.183 e. The Morgan fingerprint density at radius 1 is 1.50 bits per heavy atom. The predicted octanol–water partition coefficient (Wildman–Crippen LogP) is 3.24. The number of rotatable bonds is 4. The Labute approximate surface area is 108 Å². The quantitative estimate of drug-likeness (QED) is 0.830. The van der Waals surface area contributed by atoms with Gasteiger partial charge in [-0.3, -0.25) is 4.79 Å². The summed E-state index contributed by atoms with van der Waals surface area (Å²) in [4.78, 5) is 12.7. The minimum atomic E-state index is -0.465. The molecule has 1 heterocycles. The minimum Gasteiger partial charge on any atom is -0.305 e. The standard InChI is InChI=1S/C15H20FNO/c1-3-7-15(8-4-9-17-15)14(18)13-10-12(16)6-5-11(13)2/h5-6,10,17H,3-4,7-9H2,1-2H3. The van der Waals surface area contributed by atoms with E-state index in [4.69, 9.17) is 0 Å². The number of carbonyl (C=O) groups excluding carboxylic acids is 1. The molecule has 1 fully saturated rings. The van der Waals surface area contributed by atoms with E-state index in [2.05, 4.69) is 12.2 Å². The summed E-state index contributed by atoms with van der Waals surface area (Å²) in [6.07, 6.45) is 3.64. The number of benzene rings is 1. The molecule has 18 heavy (non-hydrogen) atoms. The van der Waals surface area contributed by atoms with E-state index >= 15 is 0 Å². The van der Waals surface area contributed by atoms with Crippen molar-refractivity contribution >= 4 is 5.78 Å². The lowest BCUT2D eigenvalue weighted by molar-refractivity contribution is 0.0856. The van der Waals surface area contributed by atoms with E-state index in [1.807, 2.05) is 6.92 Å². The van der Waals surface area contributed by atoms with Crippen LogP contribution in [-0.4, -0.2) is 17.9 Å². The van der Waals surface area contributed by atoms with Crippen molar-refractivity contribution in [3.05, 3.63) is 35.1 Å². The molecular weight excluding hydrogens is 229 g/mol. The molecule has 0 radical (unpaired) electrons. The van der Waals surface area contributed by atoms with Crippen molar-refractivity contribution in [1.82, 2.24) is 5.32 Å². The van der Waals surface area contributed by atoms with Gasteiger partial charge in [0, 0.05) is 5.56 Å². The molecule has 0 bridgehead atoms. The van der Waals surface area contributed by atoms with Gasteiger partial charge in [-0.05, 0) is 50.4 Å².